The van der Waals surface area contributed by atoms with Gasteiger partial charge in [-0.15, -0.1) is 0 Å². The number of H-pyrrole nitrogens is 1. The number of aromatic amines is 1. The smallest absolute Gasteiger partial charge is 0.350 e. The van der Waals surface area contributed by atoms with Gasteiger partial charge in [0.25, 0.3) is 5.56 Å². The van der Waals surface area contributed by atoms with E-state index >= 15 is 0 Å². The molecule has 1 aromatic heterocycles. The summed E-state index contributed by atoms with van der Waals surface area (Å²) < 4.78 is 15.6. The molecule has 1 aliphatic heterocycles. The number of aliphatic hydroxyl groups excluding tert-OH is 1. The number of fused-ring (bicyclic) bond motifs is 1. The number of anilines is 3. The van der Waals surface area contributed by atoms with Gasteiger partial charge in [-0.2, -0.15) is 4.98 Å². The van der Waals surface area contributed by atoms with Gasteiger partial charge >= 0.3 is 7.60 Å². The zero-order valence-corrected chi connectivity index (χ0v) is 12.2. The van der Waals surface area contributed by atoms with Crippen molar-refractivity contribution in [3.63, 3.8) is 0 Å². The van der Waals surface area contributed by atoms with E-state index in [4.69, 9.17) is 30.2 Å². The van der Waals surface area contributed by atoms with Crippen LogP contribution in [0.5, 0.6) is 0 Å². The first-order valence-electron chi connectivity index (χ1n) is 6.11. The van der Waals surface area contributed by atoms with E-state index in [2.05, 4.69) is 15.3 Å². The molecule has 0 saturated carbocycles. The Morgan fingerprint density at radius 3 is 2.86 bits per heavy atom. The van der Waals surface area contributed by atoms with Crippen molar-refractivity contribution >= 4 is 25.0 Å². The van der Waals surface area contributed by atoms with E-state index in [1.165, 1.54) is 5.06 Å². The molecule has 0 aromatic carbocycles. The number of nitrogens with zero attached hydrogens (tertiary/aromatic N) is 2. The maximum absolute atomic E-state index is 11.6. The van der Waals surface area contributed by atoms with E-state index in [-0.39, 0.29) is 30.7 Å². The average Bonchev–Trinajstić information content (AvgIpc) is 2.81. The molecule has 2 heterocycles. The Morgan fingerprint density at radius 2 is 2.23 bits per heavy atom. The van der Waals surface area contributed by atoms with Gasteiger partial charge in [-0.1, -0.05) is 0 Å². The molecule has 0 spiro atoms. The van der Waals surface area contributed by atoms with Crippen molar-refractivity contribution in [2.45, 2.75) is 6.10 Å². The molecular weight excluding hydrogens is 321 g/mol. The van der Waals surface area contributed by atoms with Crippen LogP contribution in [0.3, 0.4) is 0 Å². The molecule has 124 valence electrons. The van der Waals surface area contributed by atoms with E-state index < -0.39 is 32.2 Å². The second-order valence-electron chi connectivity index (χ2n) is 4.42. The molecule has 2 rings (SSSR count). The first-order valence-corrected chi connectivity index (χ1v) is 7.91. The molecule has 1 atom stereocenters. The van der Waals surface area contributed by atoms with Crippen molar-refractivity contribution in [1.29, 1.82) is 0 Å². The number of ether oxygens (including phenoxy) is 1. The summed E-state index contributed by atoms with van der Waals surface area (Å²) in [6.07, 6.45) is -1.78. The zero-order chi connectivity index (χ0) is 16.3. The molecule has 0 bridgehead atoms. The Bertz CT molecular complexity index is 631. The Morgan fingerprint density at radius 1 is 1.50 bits per heavy atom. The maximum atomic E-state index is 11.6. The van der Waals surface area contributed by atoms with Gasteiger partial charge in [0, 0.05) is 0 Å². The number of hydroxylamine groups is 1. The number of nitrogens with one attached hydrogen (secondary N) is 2. The van der Waals surface area contributed by atoms with Gasteiger partial charge in [0.05, 0.1) is 6.61 Å². The van der Waals surface area contributed by atoms with Crippen LogP contribution in [0.1, 0.15) is 0 Å². The normalized spacial score (nSPS) is 15.5. The number of hydrogen-bond acceptors (Lipinski definition) is 9. The molecule has 0 saturated heterocycles. The van der Waals surface area contributed by atoms with Crippen LogP contribution in [-0.2, 0) is 14.1 Å². The van der Waals surface area contributed by atoms with Crippen LogP contribution < -0.4 is 21.7 Å². The third-order valence-electron chi connectivity index (χ3n) is 2.65. The van der Waals surface area contributed by atoms with E-state index in [1.54, 1.807) is 0 Å². The van der Waals surface area contributed by atoms with Crippen LogP contribution in [0.2, 0.25) is 0 Å². The average molecular weight is 337 g/mol. The third-order valence-corrected chi connectivity index (χ3v) is 3.14. The highest BCUT2D eigenvalue weighted by molar-refractivity contribution is 7.51. The molecule has 0 amide bonds. The molecule has 7 N–H and O–H groups in total. The molecule has 22 heavy (non-hydrogen) atoms. The van der Waals surface area contributed by atoms with Gasteiger partial charge in [-0.05, 0) is 0 Å². The van der Waals surface area contributed by atoms with E-state index in [0.29, 0.717) is 0 Å². The Hall–Kier alpha value is -1.69. The fraction of sp³-hybridized carbons (Fsp3) is 0.556. The van der Waals surface area contributed by atoms with Crippen molar-refractivity contribution in [3.8, 4) is 0 Å². The predicted octanol–water partition coefficient (Wildman–Crippen LogP) is -2.01. The highest BCUT2D eigenvalue weighted by atomic mass is 31.2. The minimum absolute atomic E-state index is 0.0856. The Labute approximate surface area is 124 Å². The second kappa shape index (κ2) is 6.60. The number of nitrogens with two attached hydrogens (primary N) is 1. The van der Waals surface area contributed by atoms with Crippen LogP contribution in [0.15, 0.2) is 4.79 Å². The standard InChI is InChI=1S/C9H16N5O7P/c10-9-12-7-6(8(16)13-9)11-3-14(7)21-2-5(1-15)20-4-22(17,18)19/h5,11,15H,1-4H2,(H2,17,18,19)(H3,10,12,13,16). The van der Waals surface area contributed by atoms with Crippen molar-refractivity contribution in [1.82, 2.24) is 9.97 Å². The van der Waals surface area contributed by atoms with Crippen molar-refractivity contribution < 1.29 is 29.0 Å². The van der Waals surface area contributed by atoms with Gasteiger partial charge in [-0.25, -0.2) is 5.06 Å². The number of nitrogen functional groups attached to an aromatic ring is 1. The molecule has 1 aliphatic rings. The number of rotatable bonds is 7. The summed E-state index contributed by atoms with van der Waals surface area (Å²) in [6, 6.07) is 0. The lowest BCUT2D eigenvalue weighted by Crippen LogP contribution is -2.32. The van der Waals surface area contributed by atoms with Crippen LogP contribution in [0, 0.1) is 0 Å². The predicted molar refractivity (Wildman–Crippen MR) is 75.1 cm³/mol. The number of aliphatic hydroxyl groups is 1. The topological polar surface area (TPSA) is 183 Å². The van der Waals surface area contributed by atoms with Gasteiger partial charge in [0.2, 0.25) is 5.95 Å². The SMILES string of the molecule is Nc1nc2c(c(=O)[nH]1)NCN2OCC(CO)OCP(=O)(O)O. The van der Waals surface area contributed by atoms with E-state index in [1.807, 2.05) is 0 Å². The summed E-state index contributed by atoms with van der Waals surface area (Å²) >= 11 is 0. The molecule has 0 fully saturated rings. The lowest BCUT2D eigenvalue weighted by molar-refractivity contribution is -0.0360. The van der Waals surface area contributed by atoms with Crippen molar-refractivity contribution in [2.75, 3.05) is 42.3 Å². The fourth-order valence-corrected chi connectivity index (χ4v) is 2.08. The minimum Gasteiger partial charge on any atom is -0.394 e. The molecular formula is C9H16N5O7P. The second-order valence-corrected chi connectivity index (χ2v) is 6.01. The molecule has 0 aliphatic carbocycles. The Balaban J connectivity index is 1.96. The molecule has 12 nitrogen and oxygen atoms in total. The van der Waals surface area contributed by atoms with Crippen LogP contribution in [0.4, 0.5) is 17.5 Å². The summed E-state index contributed by atoms with van der Waals surface area (Å²) in [4.78, 5) is 40.6. The van der Waals surface area contributed by atoms with E-state index in [9.17, 15) is 9.36 Å². The zero-order valence-electron chi connectivity index (χ0n) is 11.3. The monoisotopic (exact) mass is 337 g/mol. The summed E-state index contributed by atoms with van der Waals surface area (Å²) in [6.45, 7) is -0.587. The molecule has 13 heteroatoms. The lowest BCUT2D eigenvalue weighted by atomic mass is 10.4. The highest BCUT2D eigenvalue weighted by Crippen LogP contribution is 2.34. The summed E-state index contributed by atoms with van der Waals surface area (Å²) in [5.41, 5.74) is 5.18. The first kappa shape index (κ1) is 16.7. The van der Waals surface area contributed by atoms with Crippen molar-refractivity contribution in [3.05, 3.63) is 10.4 Å². The minimum atomic E-state index is -4.34. The highest BCUT2D eigenvalue weighted by Gasteiger charge is 2.26. The van der Waals surface area contributed by atoms with Crippen LogP contribution >= 0.6 is 7.60 Å². The van der Waals surface area contributed by atoms with Crippen LogP contribution in [0.25, 0.3) is 0 Å². The van der Waals surface area contributed by atoms with Crippen LogP contribution in [-0.4, -0.2) is 57.2 Å². The molecule has 1 aromatic rings. The summed E-state index contributed by atoms with van der Waals surface area (Å²) in [7, 11) is -4.34. The van der Waals surface area contributed by atoms with Gasteiger partial charge in [-0.3, -0.25) is 19.2 Å². The summed E-state index contributed by atoms with van der Waals surface area (Å²) in [5.74, 6) is 0.0884. The van der Waals surface area contributed by atoms with Gasteiger partial charge < -0.3 is 30.7 Å². The van der Waals surface area contributed by atoms with Gasteiger partial charge in [0.1, 0.15) is 31.4 Å². The number of hydrogen-bond donors (Lipinski definition) is 6. The number of aromatic nitrogens is 2. The quantitative estimate of drug-likeness (QED) is 0.302. The fourth-order valence-electron chi connectivity index (χ4n) is 1.68. The first-order chi connectivity index (χ1) is 10.3. The third kappa shape index (κ3) is 4.16. The summed E-state index contributed by atoms with van der Waals surface area (Å²) in [5, 5.41) is 13.1. The maximum Gasteiger partial charge on any atom is 0.350 e. The lowest BCUT2D eigenvalue weighted by Gasteiger charge is -2.21. The Kier molecular flexibility index (Phi) is 5.01. The molecule has 1 unspecified atom stereocenters. The van der Waals surface area contributed by atoms with E-state index in [0.717, 1.165) is 0 Å². The molecule has 0 radical (unpaired) electrons. The van der Waals surface area contributed by atoms with Crippen molar-refractivity contribution in [2.24, 2.45) is 0 Å². The van der Waals surface area contributed by atoms with Gasteiger partial charge in [0.15, 0.2) is 5.82 Å². The largest absolute Gasteiger partial charge is 0.394 e.